The minimum Gasteiger partial charge on any atom is -0.504 e. The molecule has 0 saturated carbocycles. The number of benzene rings is 2. The van der Waals surface area contributed by atoms with E-state index in [1.807, 2.05) is 36.4 Å². The Labute approximate surface area is 165 Å². The average Bonchev–Trinajstić information content (AvgIpc) is 3.35. The molecule has 2 aromatic heterocycles. The lowest BCUT2D eigenvalue weighted by Crippen LogP contribution is -1.95. The minimum atomic E-state index is 0.0613. The maximum Gasteiger partial charge on any atom is 0.216 e. The lowest BCUT2D eigenvalue weighted by molar-refractivity contribution is 0.373. The molecule has 8 nitrogen and oxygen atoms in total. The monoisotopic (exact) mass is 392 g/mol. The third kappa shape index (κ3) is 3.42. The van der Waals surface area contributed by atoms with Crippen LogP contribution in [0, 0.1) is 4.77 Å². The van der Waals surface area contributed by atoms with Gasteiger partial charge < -0.3 is 9.84 Å². The summed E-state index contributed by atoms with van der Waals surface area (Å²) in [5, 5.41) is 28.4. The van der Waals surface area contributed by atoms with Gasteiger partial charge in [-0.3, -0.25) is 5.10 Å². The van der Waals surface area contributed by atoms with Crippen LogP contribution in [0.15, 0.2) is 59.7 Å². The molecule has 140 valence electrons. The number of aromatic amines is 2. The Morgan fingerprint density at radius 2 is 1.93 bits per heavy atom. The minimum absolute atomic E-state index is 0.0613. The fourth-order valence-electron chi connectivity index (χ4n) is 2.67. The lowest BCUT2D eigenvalue weighted by Gasteiger charge is -2.03. The fourth-order valence-corrected chi connectivity index (χ4v) is 2.84. The van der Waals surface area contributed by atoms with Crippen LogP contribution in [0.4, 0.5) is 0 Å². The van der Waals surface area contributed by atoms with Crippen LogP contribution in [-0.2, 0) is 0 Å². The molecule has 0 bridgehead atoms. The maximum atomic E-state index is 9.70. The van der Waals surface area contributed by atoms with Crippen LogP contribution >= 0.6 is 12.2 Å². The third-order valence-electron chi connectivity index (χ3n) is 4.06. The van der Waals surface area contributed by atoms with E-state index in [1.165, 1.54) is 17.9 Å². The molecule has 4 aromatic rings. The van der Waals surface area contributed by atoms with Gasteiger partial charge in [0.25, 0.3) is 0 Å². The summed E-state index contributed by atoms with van der Waals surface area (Å²) >= 11 is 5.29. The van der Waals surface area contributed by atoms with Crippen molar-refractivity contribution in [3.63, 3.8) is 0 Å². The Bertz CT molecular complexity index is 1190. The Morgan fingerprint density at radius 1 is 1.11 bits per heavy atom. The molecule has 0 spiro atoms. The number of rotatable bonds is 5. The van der Waals surface area contributed by atoms with E-state index >= 15 is 0 Å². The molecule has 2 heterocycles. The SMILES string of the molecule is COc1cc(/C=N/n2c(-c3cc(-c4ccccc4)n[nH]3)n[nH]c2=S)ccc1O. The molecule has 9 heteroatoms. The summed E-state index contributed by atoms with van der Waals surface area (Å²) in [6.45, 7) is 0. The first kappa shape index (κ1) is 17.7. The average molecular weight is 392 g/mol. The first-order chi connectivity index (χ1) is 13.7. The number of hydrogen-bond donors (Lipinski definition) is 3. The second-order valence-corrected chi connectivity index (χ2v) is 6.26. The number of aromatic nitrogens is 5. The number of phenols is 1. The zero-order chi connectivity index (χ0) is 19.5. The van der Waals surface area contributed by atoms with Crippen molar-refractivity contribution in [3.05, 3.63) is 64.9 Å². The van der Waals surface area contributed by atoms with Gasteiger partial charge in [0.15, 0.2) is 11.5 Å². The molecule has 0 aliphatic rings. The van der Waals surface area contributed by atoms with Crippen LogP contribution in [0.5, 0.6) is 11.5 Å². The Balaban J connectivity index is 1.67. The van der Waals surface area contributed by atoms with Crippen LogP contribution in [0.25, 0.3) is 22.8 Å². The van der Waals surface area contributed by atoms with Crippen molar-refractivity contribution >= 4 is 18.4 Å². The van der Waals surface area contributed by atoms with E-state index in [1.54, 1.807) is 18.3 Å². The smallest absolute Gasteiger partial charge is 0.216 e. The summed E-state index contributed by atoms with van der Waals surface area (Å²) in [6, 6.07) is 16.6. The molecule has 0 unspecified atom stereocenters. The van der Waals surface area contributed by atoms with E-state index in [0.29, 0.717) is 22.0 Å². The van der Waals surface area contributed by atoms with Gasteiger partial charge in [0, 0.05) is 5.56 Å². The summed E-state index contributed by atoms with van der Waals surface area (Å²) in [6.07, 6.45) is 1.60. The summed E-state index contributed by atoms with van der Waals surface area (Å²) in [5.74, 6) is 0.925. The number of nitrogens with zero attached hydrogens (tertiary/aromatic N) is 4. The highest BCUT2D eigenvalue weighted by Crippen LogP contribution is 2.26. The highest BCUT2D eigenvalue weighted by Gasteiger charge is 2.12. The third-order valence-corrected chi connectivity index (χ3v) is 4.33. The fraction of sp³-hybridized carbons (Fsp3) is 0.0526. The first-order valence-electron chi connectivity index (χ1n) is 8.35. The van der Waals surface area contributed by atoms with Crippen LogP contribution in [0.2, 0.25) is 0 Å². The van der Waals surface area contributed by atoms with E-state index in [-0.39, 0.29) is 5.75 Å². The normalized spacial score (nSPS) is 11.2. The van der Waals surface area contributed by atoms with Crippen molar-refractivity contribution in [3.8, 4) is 34.3 Å². The van der Waals surface area contributed by atoms with Crippen molar-refractivity contribution in [2.24, 2.45) is 5.10 Å². The van der Waals surface area contributed by atoms with Gasteiger partial charge in [-0.2, -0.15) is 20.0 Å². The molecule has 0 aliphatic carbocycles. The highest BCUT2D eigenvalue weighted by molar-refractivity contribution is 7.71. The molecule has 28 heavy (non-hydrogen) atoms. The van der Waals surface area contributed by atoms with E-state index in [4.69, 9.17) is 17.0 Å². The van der Waals surface area contributed by atoms with Crippen LogP contribution < -0.4 is 4.74 Å². The standard InChI is InChI=1S/C19H16N6O2S/c1-27-17-9-12(7-8-16(17)26)11-20-25-18(23-24-19(25)28)15-10-14(21-22-15)13-5-3-2-4-6-13/h2-11,26H,1H3,(H,21,22)(H,24,28)/b20-11+. The summed E-state index contributed by atoms with van der Waals surface area (Å²) in [4.78, 5) is 0. The molecular weight excluding hydrogens is 376 g/mol. The van der Waals surface area contributed by atoms with Crippen molar-refractivity contribution < 1.29 is 9.84 Å². The van der Waals surface area contributed by atoms with Crippen molar-refractivity contribution in [1.29, 1.82) is 0 Å². The molecule has 4 rings (SSSR count). The van der Waals surface area contributed by atoms with Gasteiger partial charge in [0.1, 0.15) is 5.69 Å². The summed E-state index contributed by atoms with van der Waals surface area (Å²) in [5.41, 5.74) is 3.19. The van der Waals surface area contributed by atoms with Crippen LogP contribution in [0.3, 0.4) is 0 Å². The predicted molar refractivity (Wildman–Crippen MR) is 108 cm³/mol. The number of phenolic OH excluding ortho intramolecular Hbond substituents is 1. The van der Waals surface area contributed by atoms with Gasteiger partial charge in [-0.1, -0.05) is 30.3 Å². The van der Waals surface area contributed by atoms with Gasteiger partial charge in [0.05, 0.1) is 19.0 Å². The molecule has 2 aromatic carbocycles. The van der Waals surface area contributed by atoms with Gasteiger partial charge >= 0.3 is 0 Å². The van der Waals surface area contributed by atoms with E-state index in [9.17, 15) is 5.11 Å². The first-order valence-corrected chi connectivity index (χ1v) is 8.76. The summed E-state index contributed by atoms with van der Waals surface area (Å²) in [7, 11) is 1.49. The number of methoxy groups -OCH3 is 1. The molecule has 0 radical (unpaired) electrons. The molecule has 3 N–H and O–H groups in total. The number of hydrogen-bond acceptors (Lipinski definition) is 6. The summed E-state index contributed by atoms with van der Waals surface area (Å²) < 4.78 is 6.95. The molecule has 0 atom stereocenters. The van der Waals surface area contributed by atoms with E-state index < -0.39 is 0 Å². The van der Waals surface area contributed by atoms with Crippen molar-refractivity contribution in [2.75, 3.05) is 7.11 Å². The Kier molecular flexibility index (Phi) is 4.73. The van der Waals surface area contributed by atoms with E-state index in [2.05, 4.69) is 25.5 Å². The van der Waals surface area contributed by atoms with Crippen LogP contribution in [0.1, 0.15) is 5.56 Å². The van der Waals surface area contributed by atoms with Gasteiger partial charge in [0.2, 0.25) is 10.6 Å². The maximum absolute atomic E-state index is 9.70. The van der Waals surface area contributed by atoms with E-state index in [0.717, 1.165) is 16.8 Å². The quantitative estimate of drug-likeness (QED) is 0.356. The van der Waals surface area contributed by atoms with Crippen LogP contribution in [-0.4, -0.2) is 43.5 Å². The molecule has 0 aliphatic heterocycles. The molecule has 0 fully saturated rings. The van der Waals surface area contributed by atoms with Crippen molar-refractivity contribution in [1.82, 2.24) is 25.1 Å². The molecule has 0 saturated heterocycles. The Hall–Kier alpha value is -3.72. The number of aromatic hydroxyl groups is 1. The Morgan fingerprint density at radius 3 is 2.71 bits per heavy atom. The molecule has 0 amide bonds. The predicted octanol–water partition coefficient (Wildman–Crippen LogP) is 3.59. The van der Waals surface area contributed by atoms with Crippen molar-refractivity contribution in [2.45, 2.75) is 0 Å². The second-order valence-electron chi connectivity index (χ2n) is 5.87. The van der Waals surface area contributed by atoms with Gasteiger partial charge in [-0.15, -0.1) is 0 Å². The largest absolute Gasteiger partial charge is 0.504 e. The lowest BCUT2D eigenvalue weighted by atomic mass is 10.1. The topological polar surface area (TPSA) is 104 Å². The zero-order valence-corrected chi connectivity index (χ0v) is 15.6. The molecular formula is C19H16N6O2S. The number of nitrogens with one attached hydrogen (secondary N) is 2. The highest BCUT2D eigenvalue weighted by atomic mass is 32.1. The van der Waals surface area contributed by atoms with Gasteiger partial charge in [-0.25, -0.2) is 5.10 Å². The second kappa shape index (κ2) is 7.49. The zero-order valence-electron chi connectivity index (χ0n) is 14.8. The van der Waals surface area contributed by atoms with Gasteiger partial charge in [-0.05, 0) is 42.0 Å². The number of ether oxygens (including phenoxy) is 1. The number of H-pyrrole nitrogens is 2.